The van der Waals surface area contributed by atoms with Gasteiger partial charge in [0, 0.05) is 5.92 Å². The fourth-order valence-electron chi connectivity index (χ4n) is 6.20. The van der Waals surface area contributed by atoms with Gasteiger partial charge in [0.2, 0.25) is 0 Å². The van der Waals surface area contributed by atoms with Crippen molar-refractivity contribution in [2.24, 2.45) is 22.7 Å². The molecule has 7 atom stereocenters. The maximum atomic E-state index is 13.2. The molecule has 2 heterocycles. The van der Waals surface area contributed by atoms with Crippen LogP contribution in [0.2, 0.25) is 0 Å². The molecule has 2 aliphatic heterocycles. The maximum Gasteiger partial charge on any atom is 0.313 e. The molecule has 3 fully saturated rings. The molecule has 1 saturated carbocycles. The van der Waals surface area contributed by atoms with E-state index in [1.807, 2.05) is 0 Å². The Morgan fingerprint density at radius 2 is 1.96 bits per heavy atom. The Kier molecular flexibility index (Phi) is 2.57. The van der Waals surface area contributed by atoms with E-state index in [-0.39, 0.29) is 23.2 Å². The van der Waals surface area contributed by atoms with Crippen LogP contribution in [0.5, 0.6) is 0 Å². The van der Waals surface area contributed by atoms with Crippen molar-refractivity contribution in [1.29, 1.82) is 0 Å². The summed E-state index contributed by atoms with van der Waals surface area (Å²) in [6.07, 6.45) is -0.665. The highest BCUT2D eigenvalue weighted by atomic mass is 35.5. The molecular formula is C18H17ClO6. The SMILES string of the molecule is CC1=C(Cl)C(=O)[C@@]2(C)C1=CC(=O)[C@]13COC4(C)C(OC(=O)[C@H]41)[C@H](O)[C@H]23. The Morgan fingerprint density at radius 3 is 2.64 bits per heavy atom. The summed E-state index contributed by atoms with van der Waals surface area (Å²) in [6.45, 7) is 5.09. The Morgan fingerprint density at radius 1 is 1.28 bits per heavy atom. The first-order valence-corrected chi connectivity index (χ1v) is 8.70. The van der Waals surface area contributed by atoms with E-state index >= 15 is 0 Å². The van der Waals surface area contributed by atoms with Crippen molar-refractivity contribution in [3.63, 3.8) is 0 Å². The zero-order chi connectivity index (χ0) is 18.1. The molecule has 7 heteroatoms. The van der Waals surface area contributed by atoms with Crippen LogP contribution in [-0.4, -0.2) is 47.1 Å². The summed E-state index contributed by atoms with van der Waals surface area (Å²) in [6, 6.07) is 0. The molecule has 5 aliphatic rings. The molecule has 3 aliphatic carbocycles. The summed E-state index contributed by atoms with van der Waals surface area (Å²) in [5.74, 6) is -2.80. The molecule has 0 amide bonds. The number of hydrogen-bond acceptors (Lipinski definition) is 6. The van der Waals surface area contributed by atoms with E-state index in [1.165, 1.54) is 6.08 Å². The molecule has 0 aromatic carbocycles. The van der Waals surface area contributed by atoms with Crippen LogP contribution in [0.1, 0.15) is 20.8 Å². The molecule has 5 rings (SSSR count). The molecule has 0 aromatic heterocycles. The number of ketones is 2. The number of halogens is 1. The number of allylic oxidation sites excluding steroid dienone is 4. The summed E-state index contributed by atoms with van der Waals surface area (Å²) in [5, 5.41) is 11.2. The number of hydrogen-bond donors (Lipinski definition) is 1. The molecule has 1 N–H and O–H groups in total. The average molecular weight is 365 g/mol. The number of fused-ring (bicyclic) bond motifs is 2. The van der Waals surface area contributed by atoms with E-state index in [2.05, 4.69) is 0 Å². The van der Waals surface area contributed by atoms with Gasteiger partial charge in [-0.15, -0.1) is 0 Å². The van der Waals surface area contributed by atoms with Gasteiger partial charge >= 0.3 is 5.97 Å². The molecular weight excluding hydrogens is 348 g/mol. The fourth-order valence-corrected chi connectivity index (χ4v) is 6.49. The van der Waals surface area contributed by atoms with Gasteiger partial charge in [-0.2, -0.15) is 0 Å². The van der Waals surface area contributed by atoms with Crippen molar-refractivity contribution in [2.75, 3.05) is 6.61 Å². The lowest BCUT2D eigenvalue weighted by Crippen LogP contribution is -2.67. The minimum absolute atomic E-state index is 0.0103. The van der Waals surface area contributed by atoms with Crippen molar-refractivity contribution in [2.45, 2.75) is 38.6 Å². The molecule has 1 spiro atoms. The number of aliphatic hydroxyl groups excluding tert-OH is 1. The zero-order valence-corrected chi connectivity index (χ0v) is 14.7. The van der Waals surface area contributed by atoms with Gasteiger partial charge in [0.15, 0.2) is 17.7 Å². The molecule has 0 radical (unpaired) electrons. The van der Waals surface area contributed by atoms with Crippen LogP contribution in [-0.2, 0) is 23.9 Å². The Labute approximate surface area is 148 Å². The third-order valence-corrected chi connectivity index (χ3v) is 7.74. The van der Waals surface area contributed by atoms with Crippen LogP contribution in [0.3, 0.4) is 0 Å². The van der Waals surface area contributed by atoms with E-state index in [1.54, 1.807) is 20.8 Å². The van der Waals surface area contributed by atoms with Gasteiger partial charge in [0.1, 0.15) is 11.5 Å². The molecule has 132 valence electrons. The van der Waals surface area contributed by atoms with Crippen molar-refractivity contribution in [3.8, 4) is 0 Å². The van der Waals surface area contributed by atoms with E-state index in [0.717, 1.165) is 0 Å². The molecule has 4 bridgehead atoms. The Balaban J connectivity index is 1.83. The van der Waals surface area contributed by atoms with Gasteiger partial charge in [0.05, 0.1) is 28.6 Å². The first-order chi connectivity index (χ1) is 11.6. The van der Waals surface area contributed by atoms with E-state index in [0.29, 0.717) is 11.1 Å². The Bertz CT molecular complexity index is 858. The lowest BCUT2D eigenvalue weighted by molar-refractivity contribution is -0.165. The quantitative estimate of drug-likeness (QED) is 0.642. The third kappa shape index (κ3) is 1.29. The van der Waals surface area contributed by atoms with Crippen molar-refractivity contribution >= 4 is 29.1 Å². The number of rotatable bonds is 0. The predicted molar refractivity (Wildman–Crippen MR) is 84.4 cm³/mol. The van der Waals surface area contributed by atoms with Crippen molar-refractivity contribution in [1.82, 2.24) is 0 Å². The lowest BCUT2D eigenvalue weighted by atomic mass is 9.45. The van der Waals surface area contributed by atoms with Crippen LogP contribution < -0.4 is 0 Å². The first-order valence-electron chi connectivity index (χ1n) is 8.32. The summed E-state index contributed by atoms with van der Waals surface area (Å²) in [4.78, 5) is 38.8. The number of Topliss-reactive ketones (excluding diaryl/α,β-unsaturated/α-hetero) is 1. The van der Waals surface area contributed by atoms with Gasteiger partial charge in [-0.25, -0.2) is 0 Å². The van der Waals surface area contributed by atoms with Gasteiger partial charge < -0.3 is 14.6 Å². The highest BCUT2D eigenvalue weighted by Crippen LogP contribution is 2.70. The molecule has 0 aromatic rings. The minimum atomic E-state index is -1.30. The molecule has 25 heavy (non-hydrogen) atoms. The monoisotopic (exact) mass is 364 g/mol. The second-order valence-electron chi connectivity index (χ2n) is 8.16. The van der Waals surface area contributed by atoms with Crippen LogP contribution in [0.4, 0.5) is 0 Å². The lowest BCUT2D eigenvalue weighted by Gasteiger charge is -2.53. The predicted octanol–water partition coefficient (Wildman–Crippen LogP) is 0.905. The van der Waals surface area contributed by atoms with Crippen LogP contribution in [0, 0.1) is 22.7 Å². The van der Waals surface area contributed by atoms with E-state index in [9.17, 15) is 19.5 Å². The number of carbonyl (C=O) groups excluding carboxylic acids is 3. The smallest absolute Gasteiger partial charge is 0.313 e. The van der Waals surface area contributed by atoms with Crippen molar-refractivity contribution < 1.29 is 29.0 Å². The highest BCUT2D eigenvalue weighted by Gasteiger charge is 2.83. The zero-order valence-electron chi connectivity index (χ0n) is 14.0. The van der Waals surface area contributed by atoms with Crippen LogP contribution in [0.25, 0.3) is 0 Å². The normalized spacial score (nSPS) is 53.0. The summed E-state index contributed by atoms with van der Waals surface area (Å²) < 4.78 is 11.3. The third-order valence-electron chi connectivity index (χ3n) is 7.28. The number of ether oxygens (including phenoxy) is 2. The van der Waals surface area contributed by atoms with Crippen LogP contribution >= 0.6 is 11.6 Å². The van der Waals surface area contributed by atoms with Gasteiger partial charge in [-0.1, -0.05) is 11.6 Å². The molecule has 6 nitrogen and oxygen atoms in total. The highest BCUT2D eigenvalue weighted by molar-refractivity contribution is 6.45. The van der Waals surface area contributed by atoms with Gasteiger partial charge in [-0.3, -0.25) is 14.4 Å². The number of aliphatic hydroxyl groups is 1. The van der Waals surface area contributed by atoms with E-state index < -0.39 is 46.4 Å². The first kappa shape index (κ1) is 15.7. The molecule has 2 saturated heterocycles. The summed E-state index contributed by atoms with van der Waals surface area (Å²) in [7, 11) is 0. The van der Waals surface area contributed by atoms with E-state index in [4.69, 9.17) is 21.1 Å². The van der Waals surface area contributed by atoms with Gasteiger partial charge in [0.25, 0.3) is 0 Å². The maximum absolute atomic E-state index is 13.2. The van der Waals surface area contributed by atoms with Crippen LogP contribution in [0.15, 0.2) is 22.3 Å². The number of carbonyl (C=O) groups is 3. The molecule has 2 unspecified atom stereocenters. The van der Waals surface area contributed by atoms with Gasteiger partial charge in [-0.05, 0) is 38.0 Å². The van der Waals surface area contributed by atoms with Crippen molar-refractivity contribution in [3.05, 3.63) is 22.3 Å². The second-order valence-corrected chi connectivity index (χ2v) is 8.54. The number of esters is 1. The summed E-state index contributed by atoms with van der Waals surface area (Å²) >= 11 is 6.21. The summed E-state index contributed by atoms with van der Waals surface area (Å²) in [5.41, 5.74) is -2.44. The minimum Gasteiger partial charge on any atom is -0.456 e. The average Bonchev–Trinajstić information content (AvgIpc) is 3.00. The second kappa shape index (κ2) is 4.08. The fraction of sp³-hybridized carbons (Fsp3) is 0.611. The Hall–Kier alpha value is -1.50. The topological polar surface area (TPSA) is 89.9 Å². The largest absolute Gasteiger partial charge is 0.456 e. The standard InChI is InChI=1S/C18H17ClO6/c1-6-7-4-8(20)18-5-24-17(3)12(18)15(23)25-14(17)10(21)11(18)16(7,2)13(22)9(6)19/h4,10-12,14,21H,5H2,1-3H3/t10-,11-,12-,14?,16+,17?,18+/m1/s1.